The Bertz CT molecular complexity index is 1590. The first kappa shape index (κ1) is 63.0. The fraction of sp³-hybridized carbons (Fsp3) is 0.767. The van der Waals surface area contributed by atoms with Crippen LogP contribution in [0.2, 0.25) is 0 Å². The minimum absolute atomic E-state index is 0.0121. The van der Waals surface area contributed by atoms with E-state index >= 15 is 0 Å². The first-order valence-electron chi connectivity index (χ1n) is 28.2. The summed E-state index contributed by atoms with van der Waals surface area (Å²) < 4.78 is 56.9. The van der Waals surface area contributed by atoms with Crippen molar-refractivity contribution in [3.63, 3.8) is 0 Å². The number of carbonyl (C=O) groups is 2. The maximum Gasteiger partial charge on any atom is 0.416 e. The molecule has 1 saturated carbocycles. The summed E-state index contributed by atoms with van der Waals surface area (Å²) in [6.45, 7) is 16.4. The molecular formula is C60H99F3O7. The van der Waals surface area contributed by atoms with E-state index in [2.05, 4.69) is 60.6 Å². The minimum Gasteiger partial charge on any atom is -0.491 e. The molecule has 1 fully saturated rings. The highest BCUT2D eigenvalue weighted by Gasteiger charge is 2.43. The zero-order valence-corrected chi connectivity index (χ0v) is 44.9. The molecule has 1 aliphatic carbocycles. The molecule has 1 aliphatic rings. The van der Waals surface area contributed by atoms with Gasteiger partial charge < -0.3 is 24.4 Å². The molecule has 0 heterocycles. The Balaban J connectivity index is 1.91. The van der Waals surface area contributed by atoms with Gasteiger partial charge in [-0.3, -0.25) is 9.59 Å². The van der Waals surface area contributed by atoms with Crippen LogP contribution in [0, 0.1) is 41.4 Å². The van der Waals surface area contributed by atoms with E-state index in [1.54, 1.807) is 6.08 Å². The number of allylic oxidation sites excluding steroid dienone is 4. The number of ether oxygens (including phenoxy) is 3. The molecule has 2 N–H and O–H groups in total. The number of hydrogen-bond donors (Lipinski definition) is 2. The second kappa shape index (κ2) is 37.6. The summed E-state index contributed by atoms with van der Waals surface area (Å²) in [6, 6.07) is 4.52. The maximum atomic E-state index is 13.4. The maximum absolute atomic E-state index is 13.4. The Kier molecular flexibility index (Phi) is 33.9. The predicted molar refractivity (Wildman–Crippen MR) is 281 cm³/mol. The Morgan fingerprint density at radius 3 is 2.00 bits per heavy atom. The summed E-state index contributed by atoms with van der Waals surface area (Å²) in [5.74, 6) is 2.18. The summed E-state index contributed by atoms with van der Waals surface area (Å²) in [7, 11) is 0. The quantitative estimate of drug-likeness (QED) is 0.0384. The number of halogens is 3. The molecule has 0 radical (unpaired) electrons. The molecule has 2 rings (SSSR count). The molecule has 7 nitrogen and oxygen atoms in total. The van der Waals surface area contributed by atoms with E-state index in [0.717, 1.165) is 69.4 Å². The zero-order valence-electron chi connectivity index (χ0n) is 44.9. The lowest BCUT2D eigenvalue weighted by Gasteiger charge is -2.39. The SMILES string of the molecule is CCCCCC/C=C/CCCCCCCCOC(=O)CCC/C=C\C[C@@H]1[C@@H](/C=C/[C@@H](O)COc2cccc(C(F)(F)F)c2)[C@H](OC(=O)CCCCC(CC)C(CC)C(CC)C(CC)C(C)CC)C[C@@H]1O. The van der Waals surface area contributed by atoms with Gasteiger partial charge in [0.2, 0.25) is 0 Å². The number of esters is 2. The van der Waals surface area contributed by atoms with Gasteiger partial charge in [-0.2, -0.15) is 13.2 Å². The number of unbranched alkanes of at least 4 members (excludes halogenated alkanes) is 12. The smallest absolute Gasteiger partial charge is 0.416 e. The number of benzene rings is 1. The van der Waals surface area contributed by atoms with E-state index in [1.165, 1.54) is 95.3 Å². The Morgan fingerprint density at radius 1 is 0.729 bits per heavy atom. The average Bonchev–Trinajstić information content (AvgIpc) is 3.64. The molecular weight excluding hydrogens is 890 g/mol. The highest BCUT2D eigenvalue weighted by Crippen LogP contribution is 2.42. The standard InChI is InChI=1S/C60H99F3O7/c1-8-14-15-16-17-18-19-20-21-22-23-24-27-32-42-68-58(66)38-29-26-25-28-37-54-55(41-40-49(64)45-69-50-36-33-35-48(43-50)60(61,62)63)57(44-56(54)65)70-59(67)39-31-30-34-47(10-3)52(12-5)53(13-6)51(11-4)46(7)9-2/h18-19,25,28,33,35-36,40-41,43,46-47,49,51-57,64-65H,8-17,20-24,26-27,29-32,34,37-39,42,44-45H2,1-7H3/b19-18+,28-25-,41-40+/t46?,47?,49-,51?,52?,53?,54-,55-,56+,57-/m1/s1. The summed E-state index contributed by atoms with van der Waals surface area (Å²) >= 11 is 0. The van der Waals surface area contributed by atoms with Gasteiger partial charge in [-0.25, -0.2) is 0 Å². The van der Waals surface area contributed by atoms with Gasteiger partial charge in [-0.1, -0.05) is 181 Å². The first-order valence-corrected chi connectivity index (χ1v) is 28.2. The number of hydrogen-bond acceptors (Lipinski definition) is 7. The third kappa shape index (κ3) is 25.5. The van der Waals surface area contributed by atoms with Crippen LogP contribution in [0.1, 0.15) is 221 Å². The van der Waals surface area contributed by atoms with Crippen molar-refractivity contribution in [3.8, 4) is 5.75 Å². The molecule has 0 spiro atoms. The lowest BCUT2D eigenvalue weighted by Crippen LogP contribution is -2.31. The van der Waals surface area contributed by atoms with Crippen molar-refractivity contribution in [2.75, 3.05) is 13.2 Å². The summed E-state index contributed by atoms with van der Waals surface area (Å²) in [5, 5.41) is 22.2. The normalized spacial score (nSPS) is 20.2. The van der Waals surface area contributed by atoms with Crippen LogP contribution in [0.25, 0.3) is 0 Å². The Morgan fingerprint density at radius 2 is 1.36 bits per heavy atom. The molecule has 0 aromatic heterocycles. The van der Waals surface area contributed by atoms with Crippen molar-refractivity contribution in [1.29, 1.82) is 0 Å². The molecule has 70 heavy (non-hydrogen) atoms. The molecule has 10 atom stereocenters. The number of alkyl halides is 3. The molecule has 0 bridgehead atoms. The van der Waals surface area contributed by atoms with Crippen LogP contribution in [0.4, 0.5) is 13.2 Å². The molecule has 402 valence electrons. The van der Waals surface area contributed by atoms with Gasteiger partial charge in [-0.05, 0) is 111 Å². The van der Waals surface area contributed by atoms with Crippen molar-refractivity contribution < 1.29 is 47.2 Å². The fourth-order valence-corrected chi connectivity index (χ4v) is 11.0. The summed E-state index contributed by atoms with van der Waals surface area (Å²) in [6.07, 6.45) is 30.6. The lowest BCUT2D eigenvalue weighted by atomic mass is 9.66. The molecule has 10 heteroatoms. The predicted octanol–water partition coefficient (Wildman–Crippen LogP) is 16.5. The summed E-state index contributed by atoms with van der Waals surface area (Å²) in [4.78, 5) is 25.8. The van der Waals surface area contributed by atoms with E-state index in [-0.39, 0.29) is 43.1 Å². The molecule has 1 aromatic rings. The van der Waals surface area contributed by atoms with E-state index in [9.17, 15) is 33.0 Å². The summed E-state index contributed by atoms with van der Waals surface area (Å²) in [5.41, 5.74) is -0.841. The molecule has 1 aromatic carbocycles. The van der Waals surface area contributed by atoms with Crippen molar-refractivity contribution in [2.24, 2.45) is 41.4 Å². The highest BCUT2D eigenvalue weighted by atomic mass is 19.4. The van der Waals surface area contributed by atoms with Crippen LogP contribution in [-0.2, 0) is 25.2 Å². The van der Waals surface area contributed by atoms with Crippen LogP contribution in [-0.4, -0.2) is 53.7 Å². The van der Waals surface area contributed by atoms with E-state index in [1.807, 2.05) is 12.2 Å². The molecule has 5 unspecified atom stereocenters. The third-order valence-corrected chi connectivity index (χ3v) is 15.3. The number of carbonyl (C=O) groups excluding carboxylic acids is 2. The number of aliphatic hydroxyl groups is 2. The minimum atomic E-state index is -4.52. The Hall–Kier alpha value is -3.11. The van der Waals surface area contributed by atoms with Gasteiger partial charge in [0.15, 0.2) is 0 Å². The first-order chi connectivity index (χ1) is 33.7. The van der Waals surface area contributed by atoms with Crippen LogP contribution >= 0.6 is 0 Å². The average molecular weight is 989 g/mol. The number of aliphatic hydroxyl groups excluding tert-OH is 2. The Labute approximate surface area is 424 Å². The highest BCUT2D eigenvalue weighted by molar-refractivity contribution is 5.69. The van der Waals surface area contributed by atoms with Gasteiger partial charge in [0, 0.05) is 25.2 Å². The lowest BCUT2D eigenvalue weighted by molar-refractivity contribution is -0.150. The monoisotopic (exact) mass is 989 g/mol. The second-order valence-electron chi connectivity index (χ2n) is 20.4. The van der Waals surface area contributed by atoms with Crippen molar-refractivity contribution in [1.82, 2.24) is 0 Å². The molecule has 0 amide bonds. The van der Waals surface area contributed by atoms with E-state index < -0.39 is 36.0 Å². The molecule has 0 saturated heterocycles. The van der Waals surface area contributed by atoms with Crippen LogP contribution < -0.4 is 4.74 Å². The fourth-order valence-electron chi connectivity index (χ4n) is 11.0. The van der Waals surface area contributed by atoms with Crippen molar-refractivity contribution in [2.45, 2.75) is 240 Å². The van der Waals surface area contributed by atoms with Gasteiger partial charge in [0.1, 0.15) is 24.6 Å². The van der Waals surface area contributed by atoms with Gasteiger partial charge >= 0.3 is 18.1 Å². The van der Waals surface area contributed by atoms with Crippen molar-refractivity contribution in [3.05, 3.63) is 66.3 Å². The van der Waals surface area contributed by atoms with Crippen molar-refractivity contribution >= 4 is 11.9 Å². The van der Waals surface area contributed by atoms with Gasteiger partial charge in [0.25, 0.3) is 0 Å². The second-order valence-corrected chi connectivity index (χ2v) is 20.4. The topological polar surface area (TPSA) is 102 Å². The third-order valence-electron chi connectivity index (χ3n) is 15.3. The van der Waals surface area contributed by atoms with Gasteiger partial charge in [-0.15, -0.1) is 0 Å². The van der Waals surface area contributed by atoms with Crippen LogP contribution in [0.3, 0.4) is 0 Å². The largest absolute Gasteiger partial charge is 0.491 e. The number of rotatable bonds is 40. The van der Waals surface area contributed by atoms with Crippen LogP contribution in [0.5, 0.6) is 5.75 Å². The molecule has 0 aliphatic heterocycles. The van der Waals surface area contributed by atoms with E-state index in [4.69, 9.17) is 14.2 Å². The van der Waals surface area contributed by atoms with Crippen LogP contribution in [0.15, 0.2) is 60.7 Å². The van der Waals surface area contributed by atoms with Gasteiger partial charge in [0.05, 0.1) is 18.3 Å². The zero-order chi connectivity index (χ0) is 51.6. The van der Waals surface area contributed by atoms with E-state index in [0.29, 0.717) is 56.0 Å².